The van der Waals surface area contributed by atoms with E-state index in [1.165, 1.54) is 23.7 Å². The summed E-state index contributed by atoms with van der Waals surface area (Å²) in [5.74, 6) is -5.26. The first-order valence-electron chi connectivity index (χ1n) is 11.4. The number of aliphatic carboxylic acids is 2. The molecule has 0 radical (unpaired) electrons. The molecule has 1 aliphatic heterocycles. The molecule has 0 bridgehead atoms. The number of benzene rings is 1. The third-order valence-corrected chi connectivity index (χ3v) is 5.74. The molecule has 39 heavy (non-hydrogen) atoms. The van der Waals surface area contributed by atoms with Crippen LogP contribution in [0.15, 0.2) is 48.2 Å². The van der Waals surface area contributed by atoms with Gasteiger partial charge in [0, 0.05) is 11.5 Å². The number of carboxylic acid groups (broad SMARTS) is 2. The Labute approximate surface area is 219 Å². The zero-order chi connectivity index (χ0) is 28.6. The number of aromatic nitrogens is 4. The van der Waals surface area contributed by atoms with Gasteiger partial charge in [-0.1, -0.05) is 13.0 Å². The monoisotopic (exact) mass is 547 g/mol. The smallest absolute Gasteiger partial charge is 0.303 e. The highest BCUT2D eigenvalue weighted by atomic mass is 19.1. The van der Waals surface area contributed by atoms with Crippen LogP contribution < -0.4 is 5.43 Å². The number of carboxylic acids is 2. The maximum Gasteiger partial charge on any atom is 0.303 e. The summed E-state index contributed by atoms with van der Waals surface area (Å²) in [6.45, 7) is 1.75. The van der Waals surface area contributed by atoms with Crippen molar-refractivity contribution in [3.63, 3.8) is 0 Å². The zero-order valence-corrected chi connectivity index (χ0v) is 20.5. The number of hydrazine groups is 1. The van der Waals surface area contributed by atoms with Gasteiger partial charge in [-0.05, 0) is 17.7 Å². The molecule has 0 saturated carbocycles. The van der Waals surface area contributed by atoms with Crippen LogP contribution in [0.4, 0.5) is 13.2 Å². The summed E-state index contributed by atoms with van der Waals surface area (Å²) in [6.07, 6.45) is 5.10. The average Bonchev–Trinajstić information content (AvgIpc) is 3.40. The first-order valence-corrected chi connectivity index (χ1v) is 11.4. The lowest BCUT2D eigenvalue weighted by Crippen LogP contribution is -2.47. The minimum Gasteiger partial charge on any atom is -0.481 e. The highest BCUT2D eigenvalue weighted by molar-refractivity contribution is 5.75. The number of carbonyl (C=O) groups is 2. The van der Waals surface area contributed by atoms with Gasteiger partial charge in [0.15, 0.2) is 11.6 Å². The van der Waals surface area contributed by atoms with Crippen LogP contribution in [0.5, 0.6) is 0 Å². The van der Waals surface area contributed by atoms with Gasteiger partial charge in [-0.15, -0.1) is 0 Å². The van der Waals surface area contributed by atoms with Gasteiger partial charge < -0.3 is 15.3 Å². The van der Waals surface area contributed by atoms with Crippen molar-refractivity contribution < 1.29 is 38.1 Å². The number of hydrogen-bond acceptors (Lipinski definition) is 10. The fourth-order valence-electron chi connectivity index (χ4n) is 3.81. The molecule has 206 valence electrons. The Morgan fingerprint density at radius 1 is 1.05 bits per heavy atom. The molecule has 0 unspecified atom stereocenters. The topological polar surface area (TPSA) is 174 Å². The lowest BCUT2D eigenvalue weighted by atomic mass is 9.77. The first kappa shape index (κ1) is 29.1. The van der Waals surface area contributed by atoms with Gasteiger partial charge in [-0.25, -0.2) is 38.5 Å². The number of nitrogens with one attached hydrogen (secondary N) is 1. The summed E-state index contributed by atoms with van der Waals surface area (Å²) in [5, 5.41) is 29.3. The molecule has 1 aliphatic rings. The number of aliphatic hydroxyl groups is 1. The van der Waals surface area contributed by atoms with E-state index in [-0.39, 0.29) is 41.9 Å². The summed E-state index contributed by atoms with van der Waals surface area (Å²) < 4.78 is 43.2. The van der Waals surface area contributed by atoms with Gasteiger partial charge >= 0.3 is 11.9 Å². The molecule has 15 heteroatoms. The number of nitrogens with zero attached hydrogens (tertiary/aromatic N) is 6. The Hall–Kier alpha value is -4.50. The standard InChI is InChI=1S/C20H18F3N7O.C4H6O4/c1-12(18-16(22)5-24-8-27-18)20(31,7-30-11-26-10-29-30)15-3-2-13(21)4-14(15)19-17(23)6-25-9-28-19;5-3(6)1-2-4(7)8/h2-6,8-9,11-12,29,31H,7,10H2,1H3;1-2H2,(H,5,6)(H,7,8)/t12-,20+;/m0./s1. The molecule has 3 aromatic rings. The minimum atomic E-state index is -1.86. The van der Waals surface area contributed by atoms with E-state index in [1.54, 1.807) is 6.92 Å². The lowest BCUT2D eigenvalue weighted by Gasteiger charge is -2.38. The van der Waals surface area contributed by atoms with Crippen LogP contribution in [0.2, 0.25) is 0 Å². The molecule has 0 spiro atoms. The predicted molar refractivity (Wildman–Crippen MR) is 129 cm³/mol. The second kappa shape index (κ2) is 12.8. The molecule has 4 rings (SSSR count). The second-order valence-electron chi connectivity index (χ2n) is 8.34. The molecule has 1 aromatic carbocycles. The summed E-state index contributed by atoms with van der Waals surface area (Å²) in [6, 6.07) is 3.53. The number of aliphatic imine (C=N–C) groups is 1. The molecular weight excluding hydrogens is 523 g/mol. The second-order valence-corrected chi connectivity index (χ2v) is 8.34. The quantitative estimate of drug-likeness (QED) is 0.309. The van der Waals surface area contributed by atoms with Crippen molar-refractivity contribution in [3.05, 3.63) is 72.0 Å². The van der Waals surface area contributed by atoms with Crippen LogP contribution in [0, 0.1) is 17.5 Å². The van der Waals surface area contributed by atoms with E-state index in [4.69, 9.17) is 10.2 Å². The Morgan fingerprint density at radius 2 is 1.69 bits per heavy atom. The van der Waals surface area contributed by atoms with E-state index in [1.807, 2.05) is 0 Å². The van der Waals surface area contributed by atoms with E-state index in [0.29, 0.717) is 6.67 Å². The van der Waals surface area contributed by atoms with E-state index < -0.39 is 40.9 Å². The highest BCUT2D eigenvalue weighted by Gasteiger charge is 2.43. The first-order chi connectivity index (χ1) is 18.5. The third-order valence-electron chi connectivity index (χ3n) is 5.74. The van der Waals surface area contributed by atoms with Gasteiger partial charge in [-0.2, -0.15) is 0 Å². The number of rotatable bonds is 9. The summed E-state index contributed by atoms with van der Waals surface area (Å²) in [5.41, 5.74) is 0.983. The van der Waals surface area contributed by atoms with E-state index >= 15 is 0 Å². The fourth-order valence-corrected chi connectivity index (χ4v) is 3.81. The van der Waals surface area contributed by atoms with E-state index in [2.05, 4.69) is 30.4 Å². The van der Waals surface area contributed by atoms with Crippen LogP contribution in [0.25, 0.3) is 11.3 Å². The highest BCUT2D eigenvalue weighted by Crippen LogP contribution is 2.42. The predicted octanol–water partition coefficient (Wildman–Crippen LogP) is 2.08. The van der Waals surface area contributed by atoms with Crippen LogP contribution in [-0.4, -0.2) is 71.8 Å². The van der Waals surface area contributed by atoms with Crippen LogP contribution in [0.3, 0.4) is 0 Å². The molecule has 2 atom stereocenters. The normalized spacial score (nSPS) is 14.7. The van der Waals surface area contributed by atoms with Crippen molar-refractivity contribution in [1.82, 2.24) is 30.4 Å². The Morgan fingerprint density at radius 3 is 2.26 bits per heavy atom. The molecule has 12 nitrogen and oxygen atoms in total. The van der Waals surface area contributed by atoms with Crippen molar-refractivity contribution >= 4 is 18.3 Å². The van der Waals surface area contributed by atoms with Crippen molar-refractivity contribution in [2.75, 3.05) is 13.2 Å². The maximum absolute atomic E-state index is 14.5. The maximum atomic E-state index is 14.5. The van der Waals surface area contributed by atoms with Gasteiger partial charge in [0.25, 0.3) is 0 Å². The van der Waals surface area contributed by atoms with Crippen LogP contribution >= 0.6 is 0 Å². The minimum absolute atomic E-state index is 0.0138. The lowest BCUT2D eigenvalue weighted by molar-refractivity contribution is -0.143. The molecule has 0 saturated heterocycles. The fraction of sp³-hybridized carbons (Fsp3) is 0.292. The average molecular weight is 547 g/mol. The molecule has 0 amide bonds. The summed E-state index contributed by atoms with van der Waals surface area (Å²) in [7, 11) is 0. The number of hydrogen-bond donors (Lipinski definition) is 4. The van der Waals surface area contributed by atoms with Crippen molar-refractivity contribution in [2.45, 2.75) is 31.3 Å². The van der Waals surface area contributed by atoms with Gasteiger partial charge in [-0.3, -0.25) is 19.6 Å². The molecule has 0 fully saturated rings. The Bertz CT molecular complexity index is 1350. The van der Waals surface area contributed by atoms with Crippen molar-refractivity contribution in [1.29, 1.82) is 0 Å². The van der Waals surface area contributed by atoms with Crippen molar-refractivity contribution in [3.8, 4) is 11.3 Å². The number of β-amino-alcohol motifs (C(OH)–C–C–N with tert-alkyl or cyclic N) is 1. The van der Waals surface area contributed by atoms with E-state index in [9.17, 15) is 27.9 Å². The Kier molecular flexibility index (Phi) is 9.57. The van der Waals surface area contributed by atoms with Crippen molar-refractivity contribution in [2.24, 2.45) is 4.99 Å². The van der Waals surface area contributed by atoms with Crippen LogP contribution in [0.1, 0.15) is 36.9 Å². The largest absolute Gasteiger partial charge is 0.481 e. The molecular formula is C24H24F3N7O5. The molecule has 4 N–H and O–H groups in total. The summed E-state index contributed by atoms with van der Waals surface area (Å²) in [4.78, 5) is 38.5. The van der Waals surface area contributed by atoms with Crippen LogP contribution in [-0.2, 0) is 15.2 Å². The van der Waals surface area contributed by atoms with E-state index in [0.717, 1.165) is 30.9 Å². The van der Waals surface area contributed by atoms with Gasteiger partial charge in [0.1, 0.15) is 42.8 Å². The zero-order valence-electron chi connectivity index (χ0n) is 20.5. The molecule has 2 aromatic heterocycles. The molecule has 0 aliphatic carbocycles. The summed E-state index contributed by atoms with van der Waals surface area (Å²) >= 11 is 0. The SMILES string of the molecule is C[C@@H](c1ncncc1F)[C@](O)(CN1C=NCN1)c1ccc(F)cc1-c1ncncc1F.O=C(O)CCC(=O)O. The molecule has 3 heterocycles. The number of halogens is 3. The third kappa shape index (κ3) is 7.30. The van der Waals surface area contributed by atoms with Gasteiger partial charge in [0.2, 0.25) is 0 Å². The Balaban J connectivity index is 0.000000459. The van der Waals surface area contributed by atoms with Gasteiger partial charge in [0.05, 0.1) is 37.5 Å².